The number of benzene rings is 3. The van der Waals surface area contributed by atoms with Crippen LogP contribution in [0.15, 0.2) is 66.2 Å². The van der Waals surface area contributed by atoms with Crippen molar-refractivity contribution in [3.8, 4) is 23.0 Å². The zero-order chi connectivity index (χ0) is 33.1. The Labute approximate surface area is 285 Å². The molecule has 9 nitrogen and oxygen atoms in total. The van der Waals surface area contributed by atoms with E-state index in [2.05, 4.69) is 5.32 Å². The van der Waals surface area contributed by atoms with E-state index in [1.165, 1.54) is 0 Å². The van der Waals surface area contributed by atoms with Gasteiger partial charge in [0.25, 0.3) is 5.91 Å². The fourth-order valence-corrected chi connectivity index (χ4v) is 6.71. The van der Waals surface area contributed by atoms with Gasteiger partial charge in [0.1, 0.15) is 29.7 Å². The van der Waals surface area contributed by atoms with Gasteiger partial charge in [-0.2, -0.15) is 0 Å². The number of nitrogens with one attached hydrogen (secondary N) is 1. The molecule has 2 aliphatic heterocycles. The number of rotatable bonds is 12. The van der Waals surface area contributed by atoms with Crippen LogP contribution >= 0.6 is 23.2 Å². The van der Waals surface area contributed by atoms with Gasteiger partial charge in [-0.25, -0.2) is 0 Å². The molecule has 1 saturated carbocycles. The van der Waals surface area contributed by atoms with Crippen LogP contribution in [-0.4, -0.2) is 80.3 Å². The summed E-state index contributed by atoms with van der Waals surface area (Å²) in [5.74, 6) is 2.48. The second-order valence-electron chi connectivity index (χ2n) is 12.1. The monoisotopic (exact) mass is 679 g/mol. The molecule has 0 aromatic heterocycles. The molecule has 2 atom stereocenters. The van der Waals surface area contributed by atoms with Crippen LogP contribution in [0, 0.1) is 0 Å². The molecule has 0 spiro atoms. The normalized spacial score (nSPS) is 18.9. The van der Waals surface area contributed by atoms with Gasteiger partial charge in [-0.15, -0.1) is 0 Å². The van der Waals surface area contributed by atoms with E-state index in [1.54, 1.807) is 39.3 Å². The highest BCUT2D eigenvalue weighted by atomic mass is 35.5. The number of carbonyl (C=O) groups excluding carboxylic acids is 2. The number of ether oxygens (including phenoxy) is 4. The Bertz CT molecular complexity index is 1660. The van der Waals surface area contributed by atoms with Crippen LogP contribution in [-0.2, 0) is 16.1 Å². The van der Waals surface area contributed by atoms with Crippen molar-refractivity contribution in [2.24, 2.45) is 0 Å². The van der Waals surface area contributed by atoms with Crippen molar-refractivity contribution in [2.45, 2.75) is 50.9 Å². The van der Waals surface area contributed by atoms with Crippen molar-refractivity contribution in [3.63, 3.8) is 0 Å². The van der Waals surface area contributed by atoms with Gasteiger partial charge in [0.2, 0.25) is 5.91 Å². The summed E-state index contributed by atoms with van der Waals surface area (Å²) in [6.45, 7) is 3.70. The number of hydrogen-bond donors (Lipinski definition) is 1. The highest BCUT2D eigenvalue weighted by Crippen LogP contribution is 2.38. The SMILES string of the molecule is COc1ccc(CN(C(=O)C2=C(c3ccc(OCCOc4cccc(Cl)c4Cl)cc3)C[C@@H]3CN(C(C)=O)C[C@H]2N3)C2CC2)cc1OC. The molecular formula is C36H39Cl2N3O6. The van der Waals surface area contributed by atoms with Crippen LogP contribution in [0.2, 0.25) is 10.0 Å². The second kappa shape index (κ2) is 14.5. The van der Waals surface area contributed by atoms with E-state index in [0.29, 0.717) is 72.3 Å². The van der Waals surface area contributed by atoms with Gasteiger partial charge in [0.15, 0.2) is 11.5 Å². The average molecular weight is 681 g/mol. The van der Waals surface area contributed by atoms with Gasteiger partial charge in [-0.1, -0.05) is 47.5 Å². The first-order chi connectivity index (χ1) is 22.7. The van der Waals surface area contributed by atoms with E-state index in [4.69, 9.17) is 42.1 Å². The van der Waals surface area contributed by atoms with E-state index in [1.807, 2.05) is 52.3 Å². The summed E-state index contributed by atoms with van der Waals surface area (Å²) < 4.78 is 22.6. The molecule has 6 rings (SSSR count). The molecule has 0 radical (unpaired) electrons. The topological polar surface area (TPSA) is 89.6 Å². The van der Waals surface area contributed by atoms with Crippen LogP contribution in [0.5, 0.6) is 23.0 Å². The molecular weight excluding hydrogens is 641 g/mol. The molecule has 3 aromatic rings. The summed E-state index contributed by atoms with van der Waals surface area (Å²) in [6, 6.07) is 18.8. The smallest absolute Gasteiger partial charge is 0.252 e. The second-order valence-corrected chi connectivity index (χ2v) is 12.8. The first-order valence-corrected chi connectivity index (χ1v) is 16.6. The number of methoxy groups -OCH3 is 2. The lowest BCUT2D eigenvalue weighted by Crippen LogP contribution is -2.61. The fourth-order valence-electron chi connectivity index (χ4n) is 6.37. The molecule has 1 aliphatic carbocycles. The maximum Gasteiger partial charge on any atom is 0.252 e. The first kappa shape index (κ1) is 33.0. The van der Waals surface area contributed by atoms with Gasteiger partial charge >= 0.3 is 0 Å². The third-order valence-corrected chi connectivity index (χ3v) is 9.66. The van der Waals surface area contributed by atoms with E-state index >= 15 is 0 Å². The molecule has 3 aliphatic rings. The lowest BCUT2D eigenvalue weighted by molar-refractivity contribution is -0.132. The standard InChI is InChI=1S/C36H39Cl2N3O6/c1-22(42)40-20-25-18-28(24-8-12-27(13-9-24)46-15-16-47-32-6-4-5-29(37)35(32)38)34(30(21-40)39-25)36(43)41(26-10-11-26)19-23-7-14-31(44-2)33(17-23)45-3/h4-9,12-14,17,25-26,30,39H,10-11,15-16,18-21H2,1-3H3/t25-,30-/m1/s1. The third-order valence-electron chi connectivity index (χ3n) is 8.86. The largest absolute Gasteiger partial charge is 0.493 e. The van der Waals surface area contributed by atoms with Gasteiger partial charge in [-0.3, -0.25) is 9.59 Å². The highest BCUT2D eigenvalue weighted by Gasteiger charge is 2.43. The molecule has 1 N–H and O–H groups in total. The molecule has 2 amide bonds. The van der Waals surface area contributed by atoms with Crippen LogP contribution in [0.3, 0.4) is 0 Å². The van der Waals surface area contributed by atoms with Gasteiger partial charge < -0.3 is 34.1 Å². The minimum Gasteiger partial charge on any atom is -0.493 e. The van der Waals surface area contributed by atoms with Crippen LogP contribution in [0.25, 0.3) is 5.57 Å². The predicted octanol–water partition coefficient (Wildman–Crippen LogP) is 6.01. The van der Waals surface area contributed by atoms with Crippen molar-refractivity contribution >= 4 is 40.6 Å². The number of carbonyl (C=O) groups is 2. The van der Waals surface area contributed by atoms with Crippen molar-refractivity contribution < 1.29 is 28.5 Å². The highest BCUT2D eigenvalue weighted by molar-refractivity contribution is 6.42. The lowest BCUT2D eigenvalue weighted by Gasteiger charge is -2.44. The number of fused-ring (bicyclic) bond motifs is 2. The molecule has 47 heavy (non-hydrogen) atoms. The summed E-state index contributed by atoms with van der Waals surface area (Å²) >= 11 is 12.3. The molecule has 3 aromatic carbocycles. The Morgan fingerprint density at radius 1 is 0.915 bits per heavy atom. The Hall–Kier alpha value is -3.92. The minimum atomic E-state index is -0.271. The molecule has 2 heterocycles. The zero-order valence-corrected chi connectivity index (χ0v) is 28.3. The van der Waals surface area contributed by atoms with Gasteiger partial charge in [0, 0.05) is 44.2 Å². The molecule has 248 valence electrons. The van der Waals surface area contributed by atoms with Crippen LogP contribution < -0.4 is 24.3 Å². The van der Waals surface area contributed by atoms with Crippen molar-refractivity contribution in [1.29, 1.82) is 0 Å². The molecule has 0 unspecified atom stereocenters. The maximum atomic E-state index is 14.6. The number of halogens is 2. The van der Waals surface area contributed by atoms with Gasteiger partial charge in [-0.05, 0) is 72.4 Å². The molecule has 1 saturated heterocycles. The molecule has 2 bridgehead atoms. The van der Waals surface area contributed by atoms with Crippen LogP contribution in [0.4, 0.5) is 0 Å². The third kappa shape index (κ3) is 7.48. The minimum absolute atomic E-state index is 0.00390. The molecule has 11 heteroatoms. The lowest BCUT2D eigenvalue weighted by atomic mass is 9.82. The predicted molar refractivity (Wildman–Crippen MR) is 182 cm³/mol. The van der Waals surface area contributed by atoms with E-state index < -0.39 is 0 Å². The van der Waals surface area contributed by atoms with Crippen molar-refractivity contribution in [1.82, 2.24) is 15.1 Å². The van der Waals surface area contributed by atoms with Crippen molar-refractivity contribution in [3.05, 3.63) is 87.4 Å². The fraction of sp³-hybridized carbons (Fsp3) is 0.389. The zero-order valence-electron chi connectivity index (χ0n) is 26.8. The Balaban J connectivity index is 1.24. The first-order valence-electron chi connectivity index (χ1n) is 15.8. The maximum absolute atomic E-state index is 14.6. The number of piperazine rings is 1. The van der Waals surface area contributed by atoms with Crippen LogP contribution in [0.1, 0.15) is 37.3 Å². The number of hydrogen-bond acceptors (Lipinski definition) is 7. The quantitative estimate of drug-likeness (QED) is 0.235. The molecule has 2 fully saturated rings. The van der Waals surface area contributed by atoms with E-state index in [9.17, 15) is 9.59 Å². The van der Waals surface area contributed by atoms with E-state index in [0.717, 1.165) is 35.1 Å². The van der Waals surface area contributed by atoms with E-state index in [-0.39, 0.29) is 29.9 Å². The Morgan fingerprint density at radius 2 is 1.66 bits per heavy atom. The summed E-state index contributed by atoms with van der Waals surface area (Å²) in [5.41, 5.74) is 3.66. The Kier molecular flexibility index (Phi) is 10.2. The Morgan fingerprint density at radius 3 is 2.36 bits per heavy atom. The van der Waals surface area contributed by atoms with Crippen molar-refractivity contribution in [2.75, 3.05) is 40.5 Å². The van der Waals surface area contributed by atoms with Gasteiger partial charge in [0.05, 0.1) is 25.3 Å². The summed E-state index contributed by atoms with van der Waals surface area (Å²) in [6.07, 6.45) is 2.55. The summed E-state index contributed by atoms with van der Waals surface area (Å²) in [7, 11) is 3.22. The summed E-state index contributed by atoms with van der Waals surface area (Å²) in [5, 5.41) is 4.46. The number of nitrogens with zero attached hydrogens (tertiary/aromatic N) is 2. The average Bonchev–Trinajstić information content (AvgIpc) is 3.92. The summed E-state index contributed by atoms with van der Waals surface area (Å²) in [4.78, 5) is 30.9. The number of amides is 2.